The van der Waals surface area contributed by atoms with Crippen LogP contribution < -0.4 is 5.32 Å². The smallest absolute Gasteiger partial charge is 0.101 e. The number of nitrogens with one attached hydrogen (secondary N) is 1. The molecular weight excluding hydrogens is 284 g/mol. The number of rotatable bonds is 5. The van der Waals surface area contributed by atoms with Gasteiger partial charge in [-0.1, -0.05) is 22.9 Å². The Morgan fingerprint density at radius 2 is 2.31 bits per heavy atom. The van der Waals surface area contributed by atoms with Gasteiger partial charge in [-0.2, -0.15) is 17.0 Å². The van der Waals surface area contributed by atoms with Crippen molar-refractivity contribution in [2.45, 2.75) is 19.4 Å². The lowest BCUT2D eigenvalue weighted by atomic mass is 10.1. The molecule has 86 valence electrons. The van der Waals surface area contributed by atoms with E-state index < -0.39 is 0 Å². The lowest BCUT2D eigenvalue weighted by Gasteiger charge is -2.18. The van der Waals surface area contributed by atoms with Crippen molar-refractivity contribution in [2.24, 2.45) is 0 Å². The number of nitriles is 1. The third-order valence-corrected chi connectivity index (χ3v) is 3.55. The summed E-state index contributed by atoms with van der Waals surface area (Å²) in [6, 6.07) is 8.37. The highest BCUT2D eigenvalue weighted by Gasteiger charge is 2.08. The lowest BCUT2D eigenvalue weighted by Crippen LogP contribution is -2.21. The Hall–Kier alpha value is -0.660. The van der Waals surface area contributed by atoms with Gasteiger partial charge in [-0.05, 0) is 30.9 Å². The number of anilines is 1. The molecule has 1 unspecified atom stereocenters. The second kappa shape index (κ2) is 6.82. The minimum absolute atomic E-state index is 0.420. The fourth-order valence-electron chi connectivity index (χ4n) is 1.42. The van der Waals surface area contributed by atoms with Crippen molar-refractivity contribution in [1.29, 1.82) is 5.26 Å². The second-order valence-electron chi connectivity index (χ2n) is 3.51. The fourth-order valence-corrected chi connectivity index (χ4v) is 2.50. The molecule has 0 amide bonds. The molecule has 0 aromatic heterocycles. The van der Waals surface area contributed by atoms with Crippen LogP contribution in [0.1, 0.15) is 18.9 Å². The van der Waals surface area contributed by atoms with Crippen LogP contribution in [0.2, 0.25) is 0 Å². The summed E-state index contributed by atoms with van der Waals surface area (Å²) in [5, 5.41) is 12.5. The summed E-state index contributed by atoms with van der Waals surface area (Å²) in [6.07, 6.45) is 3.15. The van der Waals surface area contributed by atoms with Gasteiger partial charge in [0.05, 0.1) is 11.3 Å². The monoisotopic (exact) mass is 298 g/mol. The molecule has 1 rings (SSSR count). The van der Waals surface area contributed by atoms with Crippen LogP contribution in [0.4, 0.5) is 5.69 Å². The van der Waals surface area contributed by atoms with Crippen LogP contribution in [0.5, 0.6) is 0 Å². The minimum Gasteiger partial charge on any atom is -0.380 e. The molecule has 0 bridgehead atoms. The van der Waals surface area contributed by atoms with Crippen LogP contribution in [0.3, 0.4) is 0 Å². The van der Waals surface area contributed by atoms with Crippen molar-refractivity contribution in [1.82, 2.24) is 0 Å². The van der Waals surface area contributed by atoms with E-state index in [9.17, 15) is 0 Å². The van der Waals surface area contributed by atoms with E-state index in [1.54, 1.807) is 0 Å². The Morgan fingerprint density at radius 3 is 2.88 bits per heavy atom. The lowest BCUT2D eigenvalue weighted by molar-refractivity contribution is 0.774. The van der Waals surface area contributed by atoms with Gasteiger partial charge >= 0.3 is 0 Å². The molecule has 0 saturated heterocycles. The van der Waals surface area contributed by atoms with Crippen molar-refractivity contribution in [3.63, 3.8) is 0 Å². The summed E-state index contributed by atoms with van der Waals surface area (Å²) < 4.78 is 0.938. The van der Waals surface area contributed by atoms with Crippen LogP contribution in [-0.2, 0) is 0 Å². The molecule has 1 N–H and O–H groups in total. The number of halogens is 1. The number of nitrogens with zero attached hydrogens (tertiary/aromatic N) is 1. The number of benzene rings is 1. The summed E-state index contributed by atoms with van der Waals surface area (Å²) in [7, 11) is 0. The van der Waals surface area contributed by atoms with Gasteiger partial charge in [0.1, 0.15) is 6.07 Å². The number of thioether (sulfide) groups is 1. The van der Waals surface area contributed by atoms with Crippen molar-refractivity contribution < 1.29 is 0 Å². The van der Waals surface area contributed by atoms with Gasteiger partial charge in [-0.3, -0.25) is 0 Å². The zero-order valence-electron chi connectivity index (χ0n) is 9.46. The Balaban J connectivity index is 2.83. The van der Waals surface area contributed by atoms with Crippen LogP contribution in [0.15, 0.2) is 22.7 Å². The average Bonchev–Trinajstić information content (AvgIpc) is 2.30. The fraction of sp³-hybridized carbons (Fsp3) is 0.417. The summed E-state index contributed by atoms with van der Waals surface area (Å²) in [4.78, 5) is 0. The van der Waals surface area contributed by atoms with Gasteiger partial charge in [0.25, 0.3) is 0 Å². The predicted octanol–water partition coefficient (Wildman–Crippen LogP) is 3.87. The molecule has 0 radical (unpaired) electrons. The van der Waals surface area contributed by atoms with Crippen LogP contribution in [0, 0.1) is 11.3 Å². The van der Waals surface area contributed by atoms with Gasteiger partial charge < -0.3 is 5.32 Å². The molecule has 4 heteroatoms. The van der Waals surface area contributed by atoms with Gasteiger partial charge in [-0.15, -0.1) is 0 Å². The van der Waals surface area contributed by atoms with E-state index in [0.717, 1.165) is 22.3 Å². The van der Waals surface area contributed by atoms with Crippen molar-refractivity contribution in [2.75, 3.05) is 17.3 Å². The number of hydrogen-bond acceptors (Lipinski definition) is 3. The minimum atomic E-state index is 0.420. The zero-order chi connectivity index (χ0) is 12.0. The summed E-state index contributed by atoms with van der Waals surface area (Å²) in [6.45, 7) is 2.15. The van der Waals surface area contributed by atoms with Crippen molar-refractivity contribution in [3.05, 3.63) is 28.2 Å². The highest BCUT2D eigenvalue weighted by atomic mass is 79.9. The standard InChI is InChI=1S/C12H15BrN2S/c1-3-11(8-16-2)15-12-5-4-10(13)6-9(12)7-14/h4-6,11,15H,3,8H2,1-2H3. The Kier molecular flexibility index (Phi) is 5.72. The van der Waals surface area contributed by atoms with Gasteiger partial charge in [0.2, 0.25) is 0 Å². The molecule has 0 aliphatic rings. The van der Waals surface area contributed by atoms with Crippen LogP contribution >= 0.6 is 27.7 Å². The molecule has 0 aliphatic carbocycles. The second-order valence-corrected chi connectivity index (χ2v) is 5.33. The molecule has 0 saturated carbocycles. The molecule has 16 heavy (non-hydrogen) atoms. The summed E-state index contributed by atoms with van der Waals surface area (Å²) in [5.41, 5.74) is 1.61. The summed E-state index contributed by atoms with van der Waals surface area (Å²) >= 11 is 5.18. The number of hydrogen-bond donors (Lipinski definition) is 1. The zero-order valence-corrected chi connectivity index (χ0v) is 11.9. The van der Waals surface area contributed by atoms with Gasteiger partial charge in [0.15, 0.2) is 0 Å². The maximum Gasteiger partial charge on any atom is 0.101 e. The van der Waals surface area contributed by atoms with E-state index >= 15 is 0 Å². The normalized spacial score (nSPS) is 11.9. The first-order valence-corrected chi connectivity index (χ1v) is 7.35. The maximum absolute atomic E-state index is 9.04. The third kappa shape index (κ3) is 3.73. The Morgan fingerprint density at radius 1 is 1.56 bits per heavy atom. The van der Waals surface area contributed by atoms with E-state index in [1.165, 1.54) is 0 Å². The topological polar surface area (TPSA) is 35.8 Å². The quantitative estimate of drug-likeness (QED) is 0.896. The largest absolute Gasteiger partial charge is 0.380 e. The first-order chi connectivity index (χ1) is 7.71. The van der Waals surface area contributed by atoms with Gasteiger partial charge in [-0.25, -0.2) is 0 Å². The van der Waals surface area contributed by atoms with E-state index in [2.05, 4.69) is 40.5 Å². The summed E-state index contributed by atoms with van der Waals surface area (Å²) in [5.74, 6) is 1.05. The molecule has 1 aromatic carbocycles. The Labute approximate surface area is 110 Å². The van der Waals surface area contributed by atoms with Crippen molar-refractivity contribution >= 4 is 33.4 Å². The molecule has 0 heterocycles. The SMILES string of the molecule is CCC(CSC)Nc1ccc(Br)cc1C#N. The molecule has 0 fully saturated rings. The molecular formula is C12H15BrN2S. The molecule has 2 nitrogen and oxygen atoms in total. The van der Waals surface area contributed by atoms with E-state index in [0.29, 0.717) is 11.6 Å². The van der Waals surface area contributed by atoms with Gasteiger partial charge in [0, 0.05) is 16.3 Å². The molecule has 0 spiro atoms. The van der Waals surface area contributed by atoms with E-state index in [4.69, 9.17) is 5.26 Å². The van der Waals surface area contributed by atoms with Crippen LogP contribution in [-0.4, -0.2) is 18.1 Å². The predicted molar refractivity (Wildman–Crippen MR) is 74.9 cm³/mol. The molecule has 1 atom stereocenters. The van der Waals surface area contributed by atoms with Crippen LogP contribution in [0.25, 0.3) is 0 Å². The molecule has 1 aromatic rings. The highest BCUT2D eigenvalue weighted by Crippen LogP contribution is 2.22. The van der Waals surface area contributed by atoms with E-state index in [-0.39, 0.29) is 0 Å². The highest BCUT2D eigenvalue weighted by molar-refractivity contribution is 9.10. The average molecular weight is 299 g/mol. The third-order valence-electron chi connectivity index (χ3n) is 2.32. The first kappa shape index (κ1) is 13.4. The molecule has 0 aliphatic heterocycles. The maximum atomic E-state index is 9.04. The Bertz CT molecular complexity index is 387. The van der Waals surface area contributed by atoms with Crippen molar-refractivity contribution in [3.8, 4) is 6.07 Å². The van der Waals surface area contributed by atoms with E-state index in [1.807, 2.05) is 30.0 Å². The first-order valence-electron chi connectivity index (χ1n) is 5.16.